The number of benzene rings is 1. The lowest BCUT2D eigenvalue weighted by Crippen LogP contribution is -2.16. The van der Waals surface area contributed by atoms with Crippen LogP contribution >= 0.6 is 0 Å². The molecule has 0 aliphatic heterocycles. The van der Waals surface area contributed by atoms with Crippen LogP contribution in [0.5, 0.6) is 0 Å². The van der Waals surface area contributed by atoms with E-state index in [4.69, 9.17) is 0 Å². The molecule has 0 bridgehead atoms. The van der Waals surface area contributed by atoms with Gasteiger partial charge in [0.05, 0.1) is 0 Å². The molecule has 0 radical (unpaired) electrons. The third-order valence-corrected chi connectivity index (χ3v) is 2.06. The lowest BCUT2D eigenvalue weighted by molar-refractivity contribution is 0.321. The molecule has 0 saturated heterocycles. The van der Waals surface area contributed by atoms with E-state index in [2.05, 4.69) is 50.2 Å². The van der Waals surface area contributed by atoms with Crippen LogP contribution < -0.4 is 0 Å². The maximum atomic E-state index is 2.20. The molecule has 1 nitrogen and oxygen atoms in total. The molecule has 1 rings (SSSR count). The highest BCUT2D eigenvalue weighted by Gasteiger charge is 2.04. The van der Waals surface area contributed by atoms with Crippen LogP contribution in [0.3, 0.4) is 0 Å². The topological polar surface area (TPSA) is 3.24 Å². The van der Waals surface area contributed by atoms with E-state index in [0.717, 1.165) is 0 Å². The van der Waals surface area contributed by atoms with Crippen molar-refractivity contribution in [3.8, 4) is 0 Å². The zero-order chi connectivity index (χ0) is 8.27. The lowest BCUT2D eigenvalue weighted by Gasteiger charge is -2.19. The number of rotatable bonds is 2. The summed E-state index contributed by atoms with van der Waals surface area (Å²) in [7, 11) is 4.19. The average molecular weight is 149 g/mol. The first-order chi connectivity index (χ1) is 5.22. The van der Waals surface area contributed by atoms with Gasteiger partial charge in [-0.15, -0.1) is 0 Å². The summed E-state index contributed by atoms with van der Waals surface area (Å²) in [5.74, 6) is 0. The Bertz CT molecular complexity index is 203. The molecule has 60 valence electrons. The van der Waals surface area contributed by atoms with Crippen LogP contribution in [-0.4, -0.2) is 19.0 Å². The van der Waals surface area contributed by atoms with E-state index in [9.17, 15) is 0 Å². The summed E-state index contributed by atoms with van der Waals surface area (Å²) in [4.78, 5) is 2.20. The van der Waals surface area contributed by atoms with Gasteiger partial charge in [-0.25, -0.2) is 0 Å². The molecule has 0 aliphatic carbocycles. The second-order valence-electron chi connectivity index (χ2n) is 3.05. The van der Waals surface area contributed by atoms with Crippen molar-refractivity contribution >= 4 is 0 Å². The Morgan fingerprint density at radius 2 is 1.64 bits per heavy atom. The average Bonchev–Trinajstić information content (AvgIpc) is 2.05. The van der Waals surface area contributed by atoms with Gasteiger partial charge >= 0.3 is 0 Å². The van der Waals surface area contributed by atoms with E-state index >= 15 is 0 Å². The Balaban J connectivity index is 2.77. The highest BCUT2D eigenvalue weighted by atomic mass is 15.1. The van der Waals surface area contributed by atoms with E-state index in [1.165, 1.54) is 5.56 Å². The Kier molecular flexibility index (Phi) is 2.66. The van der Waals surface area contributed by atoms with Crippen molar-refractivity contribution < 1.29 is 0 Å². The van der Waals surface area contributed by atoms with Gasteiger partial charge in [0.25, 0.3) is 0 Å². The van der Waals surface area contributed by atoms with E-state index in [-0.39, 0.29) is 0 Å². The van der Waals surface area contributed by atoms with Crippen LogP contribution in [0.2, 0.25) is 0 Å². The Hall–Kier alpha value is -0.820. The fourth-order valence-electron chi connectivity index (χ4n) is 1.03. The van der Waals surface area contributed by atoms with E-state index in [0.29, 0.717) is 6.04 Å². The number of hydrogen-bond acceptors (Lipinski definition) is 1. The van der Waals surface area contributed by atoms with Crippen molar-refractivity contribution in [3.05, 3.63) is 35.9 Å². The molecule has 0 heterocycles. The van der Waals surface area contributed by atoms with Crippen LogP contribution in [0.25, 0.3) is 0 Å². The van der Waals surface area contributed by atoms with Crippen molar-refractivity contribution in [1.29, 1.82) is 0 Å². The summed E-state index contributed by atoms with van der Waals surface area (Å²) in [6, 6.07) is 11.0. The third-order valence-electron chi connectivity index (χ3n) is 2.06. The summed E-state index contributed by atoms with van der Waals surface area (Å²) in [5.41, 5.74) is 1.37. The minimum atomic E-state index is 0.510. The van der Waals surface area contributed by atoms with Crippen LogP contribution in [0.15, 0.2) is 30.3 Å². The molecule has 0 aromatic heterocycles. The lowest BCUT2D eigenvalue weighted by atomic mass is 10.1. The number of hydrogen-bond donors (Lipinski definition) is 0. The van der Waals surface area contributed by atoms with Gasteiger partial charge in [0.1, 0.15) is 0 Å². The minimum absolute atomic E-state index is 0.510. The van der Waals surface area contributed by atoms with Gasteiger partial charge in [0, 0.05) is 6.04 Å². The molecule has 0 N–H and O–H groups in total. The van der Waals surface area contributed by atoms with Gasteiger partial charge in [0.15, 0.2) is 0 Å². The molecule has 1 aromatic rings. The summed E-state index contributed by atoms with van der Waals surface area (Å²) >= 11 is 0. The first kappa shape index (κ1) is 8.28. The van der Waals surface area contributed by atoms with Crippen LogP contribution in [0, 0.1) is 0 Å². The first-order valence-corrected chi connectivity index (χ1v) is 3.93. The van der Waals surface area contributed by atoms with Gasteiger partial charge in [-0.1, -0.05) is 30.3 Å². The maximum absolute atomic E-state index is 2.20. The van der Waals surface area contributed by atoms with Crippen LogP contribution in [0.4, 0.5) is 0 Å². The van der Waals surface area contributed by atoms with Crippen LogP contribution in [0.1, 0.15) is 18.5 Å². The minimum Gasteiger partial charge on any atom is -0.303 e. The van der Waals surface area contributed by atoms with Crippen molar-refractivity contribution in [2.24, 2.45) is 0 Å². The standard InChI is InChI=1S/C10H15N/c1-9(11(2)3)10-7-5-4-6-8-10/h4-9H,1-3H3/t9-/m1/s1. The summed E-state index contributed by atoms with van der Waals surface area (Å²) in [6.45, 7) is 2.20. The van der Waals surface area contributed by atoms with Crippen molar-refractivity contribution in [2.45, 2.75) is 13.0 Å². The largest absolute Gasteiger partial charge is 0.303 e. The molecule has 0 aliphatic rings. The first-order valence-electron chi connectivity index (χ1n) is 3.93. The normalized spacial score (nSPS) is 13.5. The fourth-order valence-corrected chi connectivity index (χ4v) is 1.03. The molecule has 0 saturated carbocycles. The van der Waals surface area contributed by atoms with Gasteiger partial charge in [-0.05, 0) is 26.6 Å². The highest BCUT2D eigenvalue weighted by Crippen LogP contribution is 2.15. The van der Waals surface area contributed by atoms with Gasteiger partial charge < -0.3 is 4.90 Å². The molecule has 0 unspecified atom stereocenters. The van der Waals surface area contributed by atoms with E-state index in [1.807, 2.05) is 6.07 Å². The monoisotopic (exact) mass is 149 g/mol. The van der Waals surface area contributed by atoms with Gasteiger partial charge in [0.2, 0.25) is 0 Å². The Labute approximate surface area is 68.7 Å². The van der Waals surface area contributed by atoms with Gasteiger partial charge in [-0.2, -0.15) is 0 Å². The molecule has 0 spiro atoms. The quantitative estimate of drug-likeness (QED) is 0.623. The van der Waals surface area contributed by atoms with Crippen molar-refractivity contribution in [2.75, 3.05) is 14.1 Å². The van der Waals surface area contributed by atoms with E-state index < -0.39 is 0 Å². The zero-order valence-corrected chi connectivity index (χ0v) is 7.41. The second kappa shape index (κ2) is 3.54. The molecule has 0 amide bonds. The molecule has 1 aromatic carbocycles. The Morgan fingerprint density at radius 3 is 2.09 bits per heavy atom. The van der Waals surface area contributed by atoms with Crippen molar-refractivity contribution in [3.63, 3.8) is 0 Å². The summed E-state index contributed by atoms with van der Waals surface area (Å²) in [5, 5.41) is 0. The highest BCUT2D eigenvalue weighted by molar-refractivity contribution is 5.17. The predicted molar refractivity (Wildman–Crippen MR) is 48.5 cm³/mol. The molecule has 1 heteroatoms. The molecular weight excluding hydrogens is 134 g/mol. The summed E-state index contributed by atoms with van der Waals surface area (Å²) in [6.07, 6.45) is 0. The smallest absolute Gasteiger partial charge is 0.0313 e. The van der Waals surface area contributed by atoms with E-state index in [1.54, 1.807) is 0 Å². The molecule has 11 heavy (non-hydrogen) atoms. The fraction of sp³-hybridized carbons (Fsp3) is 0.400. The predicted octanol–water partition coefficient (Wildman–Crippen LogP) is 2.31. The molecule has 0 fully saturated rings. The van der Waals surface area contributed by atoms with Gasteiger partial charge in [-0.3, -0.25) is 0 Å². The molecular formula is C10H15N. The van der Waals surface area contributed by atoms with Crippen LogP contribution in [-0.2, 0) is 0 Å². The summed E-state index contributed by atoms with van der Waals surface area (Å²) < 4.78 is 0. The maximum Gasteiger partial charge on any atom is 0.0313 e. The second-order valence-corrected chi connectivity index (χ2v) is 3.05. The Morgan fingerprint density at radius 1 is 1.09 bits per heavy atom. The number of nitrogens with zero attached hydrogens (tertiary/aromatic N) is 1. The SMILES string of the molecule is C[C@H](c1ccccc1)N(C)C. The molecule has 1 atom stereocenters. The van der Waals surface area contributed by atoms with Crippen molar-refractivity contribution in [1.82, 2.24) is 4.90 Å². The zero-order valence-electron chi connectivity index (χ0n) is 7.41. The third kappa shape index (κ3) is 2.05.